The standard InChI is InChI=1S/C13H15N3O3S/c1-8-3-4-10(16(8)2)12(17)14-6-5-11-15-9(7-20-11)13(18)19/h3-4,7H,5-6H2,1-2H3,(H,14,17)(H,18,19). The van der Waals surface area contributed by atoms with Gasteiger partial charge in [0.15, 0.2) is 5.69 Å². The molecule has 106 valence electrons. The van der Waals surface area contributed by atoms with Gasteiger partial charge < -0.3 is 15.0 Å². The highest BCUT2D eigenvalue weighted by Gasteiger charge is 2.11. The SMILES string of the molecule is Cc1ccc(C(=O)NCCc2nc(C(=O)O)cs2)n1C. The zero-order valence-corrected chi connectivity index (χ0v) is 12.0. The number of carboxylic acid groups (broad SMARTS) is 1. The van der Waals surface area contributed by atoms with Gasteiger partial charge in [0.1, 0.15) is 5.69 Å². The van der Waals surface area contributed by atoms with Gasteiger partial charge in [-0.2, -0.15) is 0 Å². The zero-order chi connectivity index (χ0) is 14.7. The molecule has 0 spiro atoms. The van der Waals surface area contributed by atoms with Crippen molar-refractivity contribution in [1.82, 2.24) is 14.9 Å². The van der Waals surface area contributed by atoms with Crippen LogP contribution in [0.1, 0.15) is 31.7 Å². The minimum Gasteiger partial charge on any atom is -0.476 e. The summed E-state index contributed by atoms with van der Waals surface area (Å²) < 4.78 is 1.82. The third-order valence-electron chi connectivity index (χ3n) is 3.00. The predicted molar refractivity (Wildman–Crippen MR) is 75.3 cm³/mol. The van der Waals surface area contributed by atoms with Gasteiger partial charge in [-0.3, -0.25) is 4.79 Å². The molecule has 1 amide bonds. The molecule has 0 bridgehead atoms. The number of hydrogen-bond acceptors (Lipinski definition) is 4. The second kappa shape index (κ2) is 5.87. The van der Waals surface area contributed by atoms with Crippen molar-refractivity contribution in [2.75, 3.05) is 6.54 Å². The molecule has 20 heavy (non-hydrogen) atoms. The van der Waals surface area contributed by atoms with E-state index in [0.717, 1.165) is 5.69 Å². The van der Waals surface area contributed by atoms with Crippen molar-refractivity contribution in [3.05, 3.63) is 39.6 Å². The molecule has 0 saturated carbocycles. The summed E-state index contributed by atoms with van der Waals surface area (Å²) in [5.74, 6) is -1.17. The van der Waals surface area contributed by atoms with Crippen LogP contribution in [0.15, 0.2) is 17.5 Å². The quantitative estimate of drug-likeness (QED) is 0.874. The molecule has 2 heterocycles. The van der Waals surface area contributed by atoms with E-state index >= 15 is 0 Å². The lowest BCUT2D eigenvalue weighted by Gasteiger charge is -2.06. The number of thiazole rings is 1. The minimum absolute atomic E-state index is 0.0504. The molecular weight excluding hydrogens is 278 g/mol. The highest BCUT2D eigenvalue weighted by Crippen LogP contribution is 2.10. The molecule has 0 aliphatic heterocycles. The van der Waals surface area contributed by atoms with E-state index in [4.69, 9.17) is 5.11 Å². The Kier molecular flexibility index (Phi) is 4.19. The van der Waals surface area contributed by atoms with E-state index in [9.17, 15) is 9.59 Å². The van der Waals surface area contributed by atoms with Gasteiger partial charge in [0.25, 0.3) is 5.91 Å². The maximum atomic E-state index is 11.9. The minimum atomic E-state index is -1.03. The van der Waals surface area contributed by atoms with Crippen molar-refractivity contribution in [1.29, 1.82) is 0 Å². The highest BCUT2D eigenvalue weighted by atomic mass is 32.1. The van der Waals surface area contributed by atoms with Crippen LogP contribution in [0, 0.1) is 6.92 Å². The Morgan fingerprint density at radius 2 is 2.20 bits per heavy atom. The number of rotatable bonds is 5. The first-order valence-corrected chi connectivity index (χ1v) is 6.95. The van der Waals surface area contributed by atoms with Crippen molar-refractivity contribution < 1.29 is 14.7 Å². The van der Waals surface area contributed by atoms with Gasteiger partial charge in [0.2, 0.25) is 0 Å². The Balaban J connectivity index is 1.88. The normalized spacial score (nSPS) is 10.5. The number of amides is 1. The van der Waals surface area contributed by atoms with Crippen LogP contribution in [0.25, 0.3) is 0 Å². The van der Waals surface area contributed by atoms with Gasteiger partial charge in [0, 0.05) is 31.1 Å². The van der Waals surface area contributed by atoms with Crippen molar-refractivity contribution in [3.8, 4) is 0 Å². The fraction of sp³-hybridized carbons (Fsp3) is 0.308. The van der Waals surface area contributed by atoms with Gasteiger partial charge >= 0.3 is 5.97 Å². The molecule has 7 heteroatoms. The predicted octanol–water partition coefficient (Wildman–Crippen LogP) is 1.46. The number of aromatic nitrogens is 2. The topological polar surface area (TPSA) is 84.2 Å². The van der Waals surface area contributed by atoms with Gasteiger partial charge in [-0.05, 0) is 19.1 Å². The Morgan fingerprint density at radius 1 is 1.45 bits per heavy atom. The number of nitrogens with zero attached hydrogens (tertiary/aromatic N) is 2. The molecule has 0 aromatic carbocycles. The van der Waals surface area contributed by atoms with E-state index in [2.05, 4.69) is 10.3 Å². The van der Waals surface area contributed by atoms with Crippen LogP contribution >= 0.6 is 11.3 Å². The van der Waals surface area contributed by atoms with Gasteiger partial charge in [-0.25, -0.2) is 9.78 Å². The Bertz CT molecular complexity index is 645. The van der Waals surface area contributed by atoms with E-state index in [1.165, 1.54) is 16.7 Å². The molecule has 0 saturated heterocycles. The molecule has 2 aromatic rings. The summed E-state index contributed by atoms with van der Waals surface area (Å²) >= 11 is 1.28. The van der Waals surface area contributed by atoms with Crippen LogP contribution in [0.4, 0.5) is 0 Å². The lowest BCUT2D eigenvalue weighted by molar-refractivity contribution is 0.0690. The smallest absolute Gasteiger partial charge is 0.355 e. The van der Waals surface area contributed by atoms with Crippen LogP contribution in [-0.4, -0.2) is 33.1 Å². The summed E-state index contributed by atoms with van der Waals surface area (Å²) in [4.78, 5) is 26.6. The molecule has 2 rings (SSSR count). The second-order valence-corrected chi connectivity index (χ2v) is 5.30. The van der Waals surface area contributed by atoms with Gasteiger partial charge in [-0.15, -0.1) is 11.3 Å². The van der Waals surface area contributed by atoms with E-state index in [1.807, 2.05) is 24.6 Å². The van der Waals surface area contributed by atoms with Crippen molar-refractivity contribution >= 4 is 23.2 Å². The first-order chi connectivity index (χ1) is 9.49. The second-order valence-electron chi connectivity index (χ2n) is 4.36. The number of carboxylic acids is 1. The first-order valence-electron chi connectivity index (χ1n) is 6.07. The Morgan fingerprint density at radius 3 is 2.75 bits per heavy atom. The van der Waals surface area contributed by atoms with Crippen molar-refractivity contribution in [2.24, 2.45) is 7.05 Å². The lowest BCUT2D eigenvalue weighted by Crippen LogP contribution is -2.27. The first kappa shape index (κ1) is 14.3. The Hall–Kier alpha value is -2.15. The van der Waals surface area contributed by atoms with Crippen LogP contribution in [0.5, 0.6) is 0 Å². The molecule has 6 nitrogen and oxygen atoms in total. The summed E-state index contributed by atoms with van der Waals surface area (Å²) in [6, 6.07) is 3.66. The third kappa shape index (κ3) is 3.05. The van der Waals surface area contributed by atoms with E-state index in [-0.39, 0.29) is 11.6 Å². The molecule has 0 aliphatic rings. The molecule has 0 unspecified atom stereocenters. The molecule has 2 aromatic heterocycles. The third-order valence-corrected chi connectivity index (χ3v) is 3.91. The fourth-order valence-electron chi connectivity index (χ4n) is 1.74. The number of nitrogens with one attached hydrogen (secondary N) is 1. The molecular formula is C13H15N3O3S. The molecule has 2 N–H and O–H groups in total. The highest BCUT2D eigenvalue weighted by molar-refractivity contribution is 7.09. The average Bonchev–Trinajstić information content (AvgIpc) is 2.98. The summed E-state index contributed by atoms with van der Waals surface area (Å²) in [7, 11) is 1.84. The zero-order valence-electron chi connectivity index (χ0n) is 11.2. The maximum absolute atomic E-state index is 11.9. The summed E-state index contributed by atoms with van der Waals surface area (Å²) in [5.41, 5.74) is 1.67. The summed E-state index contributed by atoms with van der Waals surface area (Å²) in [6.07, 6.45) is 0.521. The average molecular weight is 293 g/mol. The van der Waals surface area contributed by atoms with Crippen LogP contribution in [-0.2, 0) is 13.5 Å². The number of aryl methyl sites for hydroxylation is 1. The monoisotopic (exact) mass is 293 g/mol. The molecule has 0 atom stereocenters. The van der Waals surface area contributed by atoms with Crippen molar-refractivity contribution in [2.45, 2.75) is 13.3 Å². The summed E-state index contributed by atoms with van der Waals surface area (Å²) in [5, 5.41) is 13.8. The van der Waals surface area contributed by atoms with E-state index < -0.39 is 5.97 Å². The van der Waals surface area contributed by atoms with Crippen LogP contribution in [0.2, 0.25) is 0 Å². The number of aromatic carboxylic acids is 1. The number of carbonyl (C=O) groups excluding carboxylic acids is 1. The van der Waals surface area contributed by atoms with Gasteiger partial charge in [0.05, 0.1) is 5.01 Å². The van der Waals surface area contributed by atoms with E-state index in [1.54, 1.807) is 6.07 Å². The number of hydrogen-bond donors (Lipinski definition) is 2. The molecule has 0 radical (unpaired) electrons. The van der Waals surface area contributed by atoms with Crippen LogP contribution in [0.3, 0.4) is 0 Å². The maximum Gasteiger partial charge on any atom is 0.355 e. The lowest BCUT2D eigenvalue weighted by atomic mass is 10.3. The molecule has 0 aliphatic carbocycles. The fourth-order valence-corrected chi connectivity index (χ4v) is 2.51. The largest absolute Gasteiger partial charge is 0.476 e. The molecule has 0 fully saturated rings. The summed E-state index contributed by atoms with van der Waals surface area (Å²) in [6.45, 7) is 2.36. The number of carbonyl (C=O) groups is 2. The van der Waals surface area contributed by atoms with Crippen molar-refractivity contribution in [3.63, 3.8) is 0 Å². The Labute approximate surface area is 120 Å². The van der Waals surface area contributed by atoms with E-state index in [0.29, 0.717) is 23.7 Å². The van der Waals surface area contributed by atoms with Gasteiger partial charge in [-0.1, -0.05) is 0 Å². The van der Waals surface area contributed by atoms with Crippen LogP contribution < -0.4 is 5.32 Å².